The molecule has 0 saturated carbocycles. The summed E-state index contributed by atoms with van der Waals surface area (Å²) in [7, 11) is -1.39. The maximum atomic E-state index is 2.52. The van der Waals surface area contributed by atoms with Crippen molar-refractivity contribution in [3.05, 3.63) is 151 Å². The normalized spacial score (nSPS) is 18.8. The molecule has 2 unspecified atom stereocenters. The number of hydrogen-bond donors (Lipinski definition) is 0. The van der Waals surface area contributed by atoms with Crippen LogP contribution in [0.2, 0.25) is 0 Å². The van der Waals surface area contributed by atoms with Crippen molar-refractivity contribution in [2.45, 2.75) is 40.9 Å². The van der Waals surface area contributed by atoms with Crippen molar-refractivity contribution in [3.63, 3.8) is 0 Å². The summed E-state index contributed by atoms with van der Waals surface area (Å²) < 4.78 is 0. The SMILES string of the molecule is CCS(c1ccccc1)(c1ccccc1)c1cccc(C(c2ccccc2)C2(C)C=CC=CC2)c1. The summed E-state index contributed by atoms with van der Waals surface area (Å²) in [6, 6.07) is 42.9. The molecular weight excluding hydrogens is 440 g/mol. The van der Waals surface area contributed by atoms with Crippen molar-refractivity contribution < 1.29 is 0 Å². The van der Waals surface area contributed by atoms with E-state index in [0.29, 0.717) is 0 Å². The number of rotatable bonds is 7. The van der Waals surface area contributed by atoms with E-state index in [0.717, 1.165) is 12.2 Å². The summed E-state index contributed by atoms with van der Waals surface area (Å²) in [5.74, 6) is 1.35. The van der Waals surface area contributed by atoms with Crippen molar-refractivity contribution in [3.8, 4) is 0 Å². The highest BCUT2D eigenvalue weighted by atomic mass is 32.3. The lowest BCUT2D eigenvalue weighted by Crippen LogP contribution is -2.25. The highest BCUT2D eigenvalue weighted by Crippen LogP contribution is 2.68. The van der Waals surface area contributed by atoms with Crippen molar-refractivity contribution in [1.82, 2.24) is 0 Å². The molecule has 0 N–H and O–H groups in total. The number of allylic oxidation sites excluding steroid dienone is 4. The van der Waals surface area contributed by atoms with Gasteiger partial charge in [-0.2, -0.15) is 10.0 Å². The van der Waals surface area contributed by atoms with E-state index in [-0.39, 0.29) is 11.3 Å². The molecule has 5 rings (SSSR count). The third-order valence-electron chi connectivity index (χ3n) is 7.39. The Balaban J connectivity index is 1.72. The van der Waals surface area contributed by atoms with Crippen molar-refractivity contribution in [2.24, 2.45) is 5.41 Å². The largest absolute Gasteiger partial charge is 0.161 e. The first-order chi connectivity index (χ1) is 17.2. The molecule has 176 valence electrons. The summed E-state index contributed by atoms with van der Waals surface area (Å²) >= 11 is 0. The number of benzene rings is 4. The summed E-state index contributed by atoms with van der Waals surface area (Å²) in [5.41, 5.74) is 2.80. The van der Waals surface area contributed by atoms with Crippen LogP contribution in [0.4, 0.5) is 0 Å². The molecule has 0 spiro atoms. The smallest absolute Gasteiger partial charge is 0.0181 e. The minimum absolute atomic E-state index is 0.0262. The molecule has 35 heavy (non-hydrogen) atoms. The lowest BCUT2D eigenvalue weighted by molar-refractivity contribution is 0.374. The standard InChI is InChI=1S/C34H34S/c1-3-35(30-20-10-5-11-21-30,31-22-12-6-13-23-31)32-24-16-19-29(27-32)33(28-17-8-4-9-18-28)34(2)25-14-7-15-26-34/h4-25,27,33H,3,26H2,1-2H3. The monoisotopic (exact) mass is 474 g/mol. The predicted octanol–water partition coefficient (Wildman–Crippen LogP) is 9.64. The Kier molecular flexibility index (Phi) is 6.79. The minimum atomic E-state index is -1.39. The van der Waals surface area contributed by atoms with Gasteiger partial charge in [-0.3, -0.25) is 0 Å². The second-order valence-corrected chi connectivity index (χ2v) is 13.0. The van der Waals surface area contributed by atoms with E-state index in [2.05, 4.69) is 153 Å². The van der Waals surface area contributed by atoms with Crippen molar-refractivity contribution >= 4 is 10.0 Å². The molecule has 1 aliphatic rings. The summed E-state index contributed by atoms with van der Waals surface area (Å²) in [6.07, 6.45) is 10.2. The molecule has 0 saturated heterocycles. The Bertz CT molecular complexity index is 1270. The van der Waals surface area contributed by atoms with Gasteiger partial charge in [-0.15, -0.1) is 0 Å². The van der Waals surface area contributed by atoms with Crippen molar-refractivity contribution in [2.75, 3.05) is 5.75 Å². The van der Waals surface area contributed by atoms with E-state index in [1.165, 1.54) is 25.8 Å². The Hall–Kier alpha value is -3.29. The molecule has 1 heteroatoms. The van der Waals surface area contributed by atoms with Gasteiger partial charge in [0.1, 0.15) is 0 Å². The minimum Gasteiger partial charge on any atom is -0.161 e. The van der Waals surface area contributed by atoms with E-state index in [4.69, 9.17) is 0 Å². The lowest BCUT2D eigenvalue weighted by atomic mass is 9.67. The van der Waals surface area contributed by atoms with Gasteiger partial charge in [-0.25, -0.2) is 0 Å². The Morgan fingerprint density at radius 2 is 1.20 bits per heavy atom. The Morgan fingerprint density at radius 3 is 1.74 bits per heavy atom. The zero-order chi connectivity index (χ0) is 24.1. The second-order valence-electron chi connectivity index (χ2n) is 9.57. The molecule has 2 atom stereocenters. The molecule has 4 aromatic rings. The maximum absolute atomic E-state index is 2.52. The van der Waals surface area contributed by atoms with Gasteiger partial charge in [0, 0.05) is 11.3 Å². The van der Waals surface area contributed by atoms with Crippen molar-refractivity contribution in [1.29, 1.82) is 0 Å². The van der Waals surface area contributed by atoms with Crippen LogP contribution in [0, 0.1) is 5.41 Å². The number of hydrogen-bond acceptors (Lipinski definition) is 0. The first-order valence-corrected chi connectivity index (χ1v) is 14.4. The molecule has 0 amide bonds. The quantitative estimate of drug-likeness (QED) is 0.250. The van der Waals surface area contributed by atoms with Gasteiger partial charge in [0.2, 0.25) is 0 Å². The first-order valence-electron chi connectivity index (χ1n) is 12.6. The molecule has 4 aromatic carbocycles. The van der Waals surface area contributed by atoms with E-state index < -0.39 is 10.0 Å². The Morgan fingerprint density at radius 1 is 0.657 bits per heavy atom. The van der Waals surface area contributed by atoms with Gasteiger partial charge < -0.3 is 0 Å². The fraction of sp³-hybridized carbons (Fsp3) is 0.176. The van der Waals surface area contributed by atoms with E-state index >= 15 is 0 Å². The highest BCUT2D eigenvalue weighted by Gasteiger charge is 2.36. The van der Waals surface area contributed by atoms with Crippen LogP contribution in [0.25, 0.3) is 0 Å². The van der Waals surface area contributed by atoms with Crippen LogP contribution in [0.5, 0.6) is 0 Å². The molecule has 0 nitrogen and oxygen atoms in total. The van der Waals surface area contributed by atoms with Crippen LogP contribution in [0.3, 0.4) is 0 Å². The molecule has 0 fully saturated rings. The molecule has 0 heterocycles. The first kappa shape index (κ1) is 23.5. The molecule has 0 bridgehead atoms. The zero-order valence-electron chi connectivity index (χ0n) is 20.7. The van der Waals surface area contributed by atoms with E-state index in [1.807, 2.05) is 0 Å². The lowest BCUT2D eigenvalue weighted by Gasteiger charge is -2.42. The molecule has 0 aromatic heterocycles. The average Bonchev–Trinajstić information content (AvgIpc) is 2.92. The fourth-order valence-electron chi connectivity index (χ4n) is 5.68. The average molecular weight is 475 g/mol. The van der Waals surface area contributed by atoms with Crippen LogP contribution in [-0.4, -0.2) is 5.75 Å². The van der Waals surface area contributed by atoms with Crippen LogP contribution in [0.1, 0.15) is 37.3 Å². The maximum Gasteiger partial charge on any atom is 0.0181 e. The summed E-state index contributed by atoms with van der Waals surface area (Å²) in [4.78, 5) is 4.29. The highest BCUT2D eigenvalue weighted by molar-refractivity contribution is 8.33. The summed E-state index contributed by atoms with van der Waals surface area (Å²) in [5, 5.41) is 0. The molecular formula is C34H34S. The van der Waals surface area contributed by atoms with Crippen LogP contribution >= 0.6 is 10.0 Å². The predicted molar refractivity (Wildman–Crippen MR) is 152 cm³/mol. The fourth-order valence-corrected chi connectivity index (χ4v) is 9.39. The topological polar surface area (TPSA) is 0 Å². The van der Waals surface area contributed by atoms with Gasteiger partial charge >= 0.3 is 0 Å². The van der Waals surface area contributed by atoms with E-state index in [1.54, 1.807) is 0 Å². The Labute approximate surface area is 212 Å². The van der Waals surface area contributed by atoms with Gasteiger partial charge in [-0.1, -0.05) is 117 Å². The summed E-state index contributed by atoms with van der Waals surface area (Å²) in [6.45, 7) is 4.76. The third kappa shape index (κ3) is 4.42. The molecule has 1 aliphatic carbocycles. The van der Waals surface area contributed by atoms with Gasteiger partial charge in [0.25, 0.3) is 0 Å². The third-order valence-corrected chi connectivity index (χ3v) is 11.5. The van der Waals surface area contributed by atoms with Gasteiger partial charge in [0.15, 0.2) is 0 Å². The second kappa shape index (κ2) is 10.1. The van der Waals surface area contributed by atoms with Gasteiger partial charge in [-0.05, 0) is 74.4 Å². The zero-order valence-corrected chi connectivity index (χ0v) is 21.5. The van der Waals surface area contributed by atoms with Crippen LogP contribution in [-0.2, 0) is 0 Å². The molecule has 0 radical (unpaired) electrons. The van der Waals surface area contributed by atoms with Crippen LogP contribution in [0.15, 0.2) is 154 Å². The van der Waals surface area contributed by atoms with Gasteiger partial charge in [0.05, 0.1) is 0 Å². The van der Waals surface area contributed by atoms with Crippen LogP contribution < -0.4 is 0 Å². The molecule has 0 aliphatic heterocycles. The van der Waals surface area contributed by atoms with E-state index in [9.17, 15) is 0 Å².